The maximum Gasteiger partial charge on any atom is 0.0727 e. The summed E-state index contributed by atoms with van der Waals surface area (Å²) in [5.41, 5.74) is 4.47. The van der Waals surface area contributed by atoms with Crippen molar-refractivity contribution in [2.45, 2.75) is 6.92 Å². The number of nitrogens with zero attached hydrogens (tertiary/aromatic N) is 2. The zero-order valence-electron chi connectivity index (χ0n) is 11.4. The van der Waals surface area contributed by atoms with Gasteiger partial charge in [-0.15, -0.1) is 0 Å². The van der Waals surface area contributed by atoms with Gasteiger partial charge in [0.1, 0.15) is 0 Å². The second-order valence-corrected chi connectivity index (χ2v) is 4.86. The predicted molar refractivity (Wildman–Crippen MR) is 79.1 cm³/mol. The van der Waals surface area contributed by atoms with E-state index in [9.17, 15) is 0 Å². The van der Waals surface area contributed by atoms with Crippen LogP contribution >= 0.6 is 0 Å². The van der Waals surface area contributed by atoms with Crippen LogP contribution in [-0.2, 0) is 4.74 Å². The third-order valence-electron chi connectivity index (χ3n) is 3.57. The average Bonchev–Trinajstić information content (AvgIpc) is 2.46. The van der Waals surface area contributed by atoms with Gasteiger partial charge in [-0.2, -0.15) is 0 Å². The molecule has 0 atom stereocenters. The summed E-state index contributed by atoms with van der Waals surface area (Å²) in [4.78, 5) is 6.95. The highest BCUT2D eigenvalue weighted by Crippen LogP contribution is 2.28. The Balaban J connectivity index is 2.06. The van der Waals surface area contributed by atoms with Crippen LogP contribution in [0.2, 0.25) is 0 Å². The van der Waals surface area contributed by atoms with Crippen molar-refractivity contribution < 1.29 is 4.74 Å². The Morgan fingerprint density at radius 3 is 2.74 bits per heavy atom. The van der Waals surface area contributed by atoms with Gasteiger partial charge in [0.15, 0.2) is 0 Å². The van der Waals surface area contributed by atoms with Crippen molar-refractivity contribution in [3.8, 4) is 0 Å². The van der Waals surface area contributed by atoms with Gasteiger partial charge in [0.05, 0.1) is 18.7 Å². The molecule has 1 saturated heterocycles. The minimum Gasteiger partial charge on any atom is -0.388 e. The van der Waals surface area contributed by atoms with Gasteiger partial charge in [-0.05, 0) is 31.2 Å². The van der Waals surface area contributed by atoms with Crippen LogP contribution in [-0.4, -0.2) is 38.3 Å². The Labute approximate surface area is 113 Å². The maximum absolute atomic E-state index is 5.40. The lowest BCUT2D eigenvalue weighted by atomic mass is 10.1. The summed E-state index contributed by atoms with van der Waals surface area (Å²) in [6.07, 6.45) is 0. The van der Waals surface area contributed by atoms with E-state index in [0.717, 1.165) is 43.2 Å². The smallest absolute Gasteiger partial charge is 0.0727 e. The molecule has 100 valence electrons. The Morgan fingerprint density at radius 1 is 1.21 bits per heavy atom. The van der Waals surface area contributed by atoms with E-state index in [2.05, 4.69) is 39.5 Å². The van der Waals surface area contributed by atoms with E-state index >= 15 is 0 Å². The highest BCUT2D eigenvalue weighted by molar-refractivity contribution is 5.93. The molecule has 1 aliphatic rings. The molecule has 0 spiro atoms. The number of fused-ring (bicyclic) bond motifs is 1. The molecule has 0 radical (unpaired) electrons. The van der Waals surface area contributed by atoms with Crippen molar-refractivity contribution in [3.05, 3.63) is 30.0 Å². The fourth-order valence-corrected chi connectivity index (χ4v) is 2.57. The van der Waals surface area contributed by atoms with Gasteiger partial charge in [-0.25, -0.2) is 0 Å². The lowest BCUT2D eigenvalue weighted by Gasteiger charge is -2.29. The molecule has 4 heteroatoms. The van der Waals surface area contributed by atoms with Crippen molar-refractivity contribution in [2.24, 2.45) is 0 Å². The summed E-state index contributed by atoms with van der Waals surface area (Å²) in [6, 6.07) is 8.57. The number of nitrogens with one attached hydrogen (secondary N) is 1. The highest BCUT2D eigenvalue weighted by atomic mass is 16.5. The van der Waals surface area contributed by atoms with Crippen molar-refractivity contribution in [1.29, 1.82) is 0 Å². The van der Waals surface area contributed by atoms with Crippen LogP contribution < -0.4 is 10.2 Å². The zero-order chi connectivity index (χ0) is 13.2. The number of pyridine rings is 1. The number of hydrogen-bond acceptors (Lipinski definition) is 4. The number of anilines is 2. The van der Waals surface area contributed by atoms with Gasteiger partial charge in [0.25, 0.3) is 0 Å². The summed E-state index contributed by atoms with van der Waals surface area (Å²) in [5, 5.41) is 4.44. The second-order valence-electron chi connectivity index (χ2n) is 4.86. The summed E-state index contributed by atoms with van der Waals surface area (Å²) < 4.78 is 5.40. The van der Waals surface area contributed by atoms with Crippen molar-refractivity contribution in [2.75, 3.05) is 43.6 Å². The fraction of sp³-hybridized carbons (Fsp3) is 0.400. The molecule has 0 aliphatic carbocycles. The molecule has 3 rings (SSSR count). The second kappa shape index (κ2) is 5.05. The molecule has 2 aromatic rings. The van der Waals surface area contributed by atoms with E-state index in [0.29, 0.717) is 0 Å². The van der Waals surface area contributed by atoms with Crippen LogP contribution in [0.1, 0.15) is 5.69 Å². The number of aromatic nitrogens is 1. The Kier molecular flexibility index (Phi) is 3.25. The summed E-state index contributed by atoms with van der Waals surface area (Å²) in [5.74, 6) is 0. The van der Waals surface area contributed by atoms with Crippen LogP contribution in [0.15, 0.2) is 24.3 Å². The van der Waals surface area contributed by atoms with Gasteiger partial charge in [-0.3, -0.25) is 4.98 Å². The molecule has 1 aliphatic heterocycles. The van der Waals surface area contributed by atoms with E-state index in [1.54, 1.807) is 0 Å². The van der Waals surface area contributed by atoms with Crippen molar-refractivity contribution in [3.63, 3.8) is 0 Å². The monoisotopic (exact) mass is 257 g/mol. The van der Waals surface area contributed by atoms with E-state index in [1.165, 1.54) is 11.1 Å². The largest absolute Gasteiger partial charge is 0.388 e. The molecule has 1 fully saturated rings. The summed E-state index contributed by atoms with van der Waals surface area (Å²) in [6.45, 7) is 5.56. The Bertz CT molecular complexity index is 591. The lowest BCUT2D eigenvalue weighted by Crippen LogP contribution is -2.36. The van der Waals surface area contributed by atoms with E-state index in [1.807, 2.05) is 14.0 Å². The Hall–Kier alpha value is -1.81. The predicted octanol–water partition coefficient (Wildman–Crippen LogP) is 2.42. The van der Waals surface area contributed by atoms with Crippen molar-refractivity contribution >= 4 is 22.3 Å². The summed E-state index contributed by atoms with van der Waals surface area (Å²) in [7, 11) is 1.95. The zero-order valence-corrected chi connectivity index (χ0v) is 11.4. The molecule has 1 aromatic heterocycles. The van der Waals surface area contributed by atoms with Crippen LogP contribution in [0.4, 0.5) is 11.4 Å². The first-order chi connectivity index (χ1) is 9.28. The number of aryl methyl sites for hydroxylation is 1. The highest BCUT2D eigenvalue weighted by Gasteiger charge is 2.12. The van der Waals surface area contributed by atoms with E-state index in [-0.39, 0.29) is 0 Å². The normalized spacial score (nSPS) is 15.8. The number of rotatable bonds is 2. The number of morpholine rings is 1. The minimum atomic E-state index is 0.809. The molecule has 1 aromatic carbocycles. The van der Waals surface area contributed by atoms with Crippen LogP contribution in [0.3, 0.4) is 0 Å². The first kappa shape index (κ1) is 12.2. The molecule has 1 N–H and O–H groups in total. The van der Waals surface area contributed by atoms with Crippen LogP contribution in [0.25, 0.3) is 10.9 Å². The first-order valence-electron chi connectivity index (χ1n) is 6.70. The molecule has 0 bridgehead atoms. The van der Waals surface area contributed by atoms with Gasteiger partial charge in [0.2, 0.25) is 0 Å². The molecular formula is C15H19N3O. The average molecular weight is 257 g/mol. The third kappa shape index (κ3) is 2.36. The Morgan fingerprint density at radius 2 is 2.00 bits per heavy atom. The van der Waals surface area contributed by atoms with Crippen LogP contribution in [0.5, 0.6) is 0 Å². The number of benzene rings is 1. The molecule has 0 saturated carbocycles. The quantitative estimate of drug-likeness (QED) is 0.896. The van der Waals surface area contributed by atoms with Crippen LogP contribution in [0, 0.1) is 6.92 Å². The van der Waals surface area contributed by atoms with Gasteiger partial charge in [0, 0.05) is 42.6 Å². The summed E-state index contributed by atoms with van der Waals surface area (Å²) >= 11 is 0. The first-order valence-corrected chi connectivity index (χ1v) is 6.70. The lowest BCUT2D eigenvalue weighted by molar-refractivity contribution is 0.122. The molecule has 0 amide bonds. The van der Waals surface area contributed by atoms with Gasteiger partial charge < -0.3 is 15.0 Å². The SMILES string of the molecule is CNc1cc(C)nc2ccc(N3CCOCC3)cc12. The maximum atomic E-state index is 5.40. The molecular weight excluding hydrogens is 238 g/mol. The number of hydrogen-bond donors (Lipinski definition) is 1. The fourth-order valence-electron chi connectivity index (χ4n) is 2.57. The molecule has 4 nitrogen and oxygen atoms in total. The molecule has 19 heavy (non-hydrogen) atoms. The van der Waals surface area contributed by atoms with Gasteiger partial charge in [-0.1, -0.05) is 0 Å². The third-order valence-corrected chi connectivity index (χ3v) is 3.57. The topological polar surface area (TPSA) is 37.4 Å². The molecule has 2 heterocycles. The van der Waals surface area contributed by atoms with Crippen molar-refractivity contribution in [1.82, 2.24) is 4.98 Å². The standard InChI is InChI=1S/C15H19N3O/c1-11-9-15(16-2)13-10-12(3-4-14(13)17-11)18-5-7-19-8-6-18/h3-4,9-10H,5-8H2,1-2H3,(H,16,17). The van der Waals surface area contributed by atoms with E-state index < -0.39 is 0 Å². The number of ether oxygens (including phenoxy) is 1. The minimum absolute atomic E-state index is 0.809. The van der Waals surface area contributed by atoms with E-state index in [4.69, 9.17) is 4.74 Å². The van der Waals surface area contributed by atoms with Gasteiger partial charge >= 0.3 is 0 Å². The molecule has 0 unspecified atom stereocenters.